The van der Waals surface area contributed by atoms with Gasteiger partial charge in [0.15, 0.2) is 0 Å². The highest BCUT2D eigenvalue weighted by atomic mass is 32.2. The molecule has 1 aromatic carbocycles. The summed E-state index contributed by atoms with van der Waals surface area (Å²) in [5, 5.41) is 1.78. The fraction of sp³-hybridized carbons (Fsp3) is 0.333. The van der Waals surface area contributed by atoms with E-state index >= 15 is 0 Å². The number of unbranched alkanes of at least 4 members (excludes halogenated alkanes) is 1. The van der Waals surface area contributed by atoms with Gasteiger partial charge in [-0.15, -0.1) is 11.3 Å². The van der Waals surface area contributed by atoms with E-state index in [1.807, 2.05) is 37.3 Å². The number of nitrogens with zero attached hydrogens (tertiary/aromatic N) is 1. The predicted octanol–water partition coefficient (Wildman–Crippen LogP) is 3.20. The Balaban J connectivity index is 2.45. The molecule has 0 aliphatic heterocycles. The van der Waals surface area contributed by atoms with E-state index in [0.717, 1.165) is 12.8 Å². The maximum atomic E-state index is 13.0. The Kier molecular flexibility index (Phi) is 5.39. The van der Waals surface area contributed by atoms with Gasteiger partial charge in [0.25, 0.3) is 10.0 Å². The minimum atomic E-state index is -3.56. The molecule has 2 rings (SSSR count). The van der Waals surface area contributed by atoms with Crippen molar-refractivity contribution in [3.63, 3.8) is 0 Å². The van der Waals surface area contributed by atoms with Gasteiger partial charge in [0.05, 0.1) is 5.69 Å². The van der Waals surface area contributed by atoms with Crippen LogP contribution in [0.3, 0.4) is 0 Å². The zero-order valence-electron chi connectivity index (χ0n) is 12.0. The molecule has 0 aliphatic carbocycles. The zero-order chi connectivity index (χ0) is 15.3. The van der Waals surface area contributed by atoms with Crippen molar-refractivity contribution in [1.29, 1.82) is 0 Å². The fourth-order valence-electron chi connectivity index (χ4n) is 2.11. The van der Waals surface area contributed by atoms with Crippen LogP contribution >= 0.6 is 11.3 Å². The van der Waals surface area contributed by atoms with Gasteiger partial charge < -0.3 is 5.73 Å². The van der Waals surface area contributed by atoms with Gasteiger partial charge in [-0.3, -0.25) is 4.31 Å². The topological polar surface area (TPSA) is 63.4 Å². The quantitative estimate of drug-likeness (QED) is 0.850. The highest BCUT2D eigenvalue weighted by Gasteiger charge is 2.27. The highest BCUT2D eigenvalue weighted by molar-refractivity contribution is 7.93. The molecule has 0 amide bonds. The van der Waals surface area contributed by atoms with Crippen molar-refractivity contribution in [2.45, 2.75) is 31.2 Å². The van der Waals surface area contributed by atoms with Crippen LogP contribution in [0.4, 0.5) is 5.69 Å². The molecule has 6 heteroatoms. The number of thiophene rings is 1. The van der Waals surface area contributed by atoms with E-state index < -0.39 is 10.0 Å². The Bertz CT molecular complexity index is 666. The minimum Gasteiger partial charge on any atom is -0.326 e. The van der Waals surface area contributed by atoms with Crippen LogP contribution in [0.15, 0.2) is 46.7 Å². The molecule has 0 saturated heterocycles. The van der Waals surface area contributed by atoms with Crippen LogP contribution < -0.4 is 10.0 Å². The molecule has 2 aromatic rings. The Hall–Kier alpha value is -1.37. The molecule has 0 fully saturated rings. The monoisotopic (exact) mass is 324 g/mol. The van der Waals surface area contributed by atoms with Gasteiger partial charge in [-0.1, -0.05) is 31.5 Å². The molecule has 1 heterocycles. The first-order chi connectivity index (χ1) is 10.1. The lowest BCUT2D eigenvalue weighted by Gasteiger charge is -2.24. The van der Waals surface area contributed by atoms with Crippen LogP contribution in [0.5, 0.6) is 0 Å². The molecule has 0 spiro atoms. The van der Waals surface area contributed by atoms with E-state index in [4.69, 9.17) is 5.73 Å². The first-order valence-corrected chi connectivity index (χ1v) is 9.27. The van der Waals surface area contributed by atoms with Gasteiger partial charge in [-0.05, 0) is 30.0 Å². The number of nitrogens with two attached hydrogens (primary N) is 1. The SMILES string of the molecule is CCCCN(c1ccccc1)S(=O)(=O)c1ccsc1CN. The summed E-state index contributed by atoms with van der Waals surface area (Å²) in [6.45, 7) is 2.76. The number of benzene rings is 1. The number of anilines is 1. The van der Waals surface area contributed by atoms with Crippen LogP contribution in [0, 0.1) is 0 Å². The standard InChI is InChI=1S/C15H20N2O2S2/c1-2-3-10-17(13-7-5-4-6-8-13)21(18,19)15-9-11-20-14(15)12-16/h4-9,11H,2-3,10,12,16H2,1H3. The van der Waals surface area contributed by atoms with Gasteiger partial charge in [0, 0.05) is 18.0 Å². The van der Waals surface area contributed by atoms with Crippen molar-refractivity contribution in [2.24, 2.45) is 5.73 Å². The molecular formula is C15H20N2O2S2. The summed E-state index contributed by atoms with van der Waals surface area (Å²) in [4.78, 5) is 1.03. The number of hydrogen-bond donors (Lipinski definition) is 1. The molecule has 2 N–H and O–H groups in total. The van der Waals surface area contributed by atoms with Crippen molar-refractivity contribution >= 4 is 27.0 Å². The maximum Gasteiger partial charge on any atom is 0.265 e. The van der Waals surface area contributed by atoms with Crippen LogP contribution in [-0.2, 0) is 16.6 Å². The molecular weight excluding hydrogens is 304 g/mol. The second-order valence-corrected chi connectivity index (χ2v) is 7.51. The lowest BCUT2D eigenvalue weighted by Crippen LogP contribution is -2.32. The van der Waals surface area contributed by atoms with Crippen molar-refractivity contribution in [1.82, 2.24) is 0 Å². The molecule has 0 aliphatic rings. The van der Waals surface area contributed by atoms with Crippen LogP contribution in [0.25, 0.3) is 0 Å². The fourth-order valence-corrected chi connectivity index (χ4v) is 4.92. The third kappa shape index (κ3) is 3.45. The molecule has 0 radical (unpaired) electrons. The van der Waals surface area contributed by atoms with Crippen LogP contribution in [-0.4, -0.2) is 15.0 Å². The smallest absolute Gasteiger partial charge is 0.265 e. The summed E-state index contributed by atoms with van der Waals surface area (Å²) in [5.41, 5.74) is 6.35. The normalized spacial score (nSPS) is 11.5. The van der Waals surface area contributed by atoms with Gasteiger partial charge >= 0.3 is 0 Å². The number of sulfonamides is 1. The first-order valence-electron chi connectivity index (χ1n) is 6.95. The third-order valence-electron chi connectivity index (χ3n) is 3.22. The summed E-state index contributed by atoms with van der Waals surface area (Å²) in [7, 11) is -3.56. The molecule has 21 heavy (non-hydrogen) atoms. The lowest BCUT2D eigenvalue weighted by molar-refractivity contribution is 0.588. The lowest BCUT2D eigenvalue weighted by atomic mass is 10.3. The first kappa shape index (κ1) is 16.0. The Morgan fingerprint density at radius 1 is 1.19 bits per heavy atom. The molecule has 4 nitrogen and oxygen atoms in total. The third-order valence-corrected chi connectivity index (χ3v) is 6.20. The summed E-state index contributed by atoms with van der Waals surface area (Å²) in [5.74, 6) is 0. The van der Waals surface area contributed by atoms with Gasteiger partial charge in [0.1, 0.15) is 4.90 Å². The highest BCUT2D eigenvalue weighted by Crippen LogP contribution is 2.28. The average Bonchev–Trinajstić information content (AvgIpc) is 2.98. The minimum absolute atomic E-state index is 0.239. The Labute approximate surface area is 130 Å². The summed E-state index contributed by atoms with van der Waals surface area (Å²) in [6.07, 6.45) is 1.75. The van der Waals surface area contributed by atoms with Crippen molar-refractivity contribution in [3.8, 4) is 0 Å². The average molecular weight is 324 g/mol. The van der Waals surface area contributed by atoms with Crippen molar-refractivity contribution in [2.75, 3.05) is 10.8 Å². The molecule has 114 valence electrons. The van der Waals surface area contributed by atoms with E-state index in [9.17, 15) is 8.42 Å². The van der Waals surface area contributed by atoms with Gasteiger partial charge in [0.2, 0.25) is 0 Å². The molecule has 0 atom stereocenters. The molecule has 1 aromatic heterocycles. The van der Waals surface area contributed by atoms with Crippen molar-refractivity contribution < 1.29 is 8.42 Å². The van der Waals surface area contributed by atoms with Crippen LogP contribution in [0.1, 0.15) is 24.6 Å². The van der Waals surface area contributed by atoms with E-state index in [2.05, 4.69) is 0 Å². The van der Waals surface area contributed by atoms with Crippen LogP contribution in [0.2, 0.25) is 0 Å². The molecule has 0 saturated carbocycles. The number of rotatable bonds is 7. The zero-order valence-corrected chi connectivity index (χ0v) is 13.7. The van der Waals surface area contributed by atoms with Crippen molar-refractivity contribution in [3.05, 3.63) is 46.7 Å². The second-order valence-electron chi connectivity index (χ2n) is 4.68. The maximum absolute atomic E-state index is 13.0. The Morgan fingerprint density at radius 3 is 2.52 bits per heavy atom. The van der Waals surface area contributed by atoms with E-state index in [1.165, 1.54) is 15.6 Å². The predicted molar refractivity (Wildman–Crippen MR) is 88.1 cm³/mol. The largest absolute Gasteiger partial charge is 0.326 e. The Morgan fingerprint density at radius 2 is 1.90 bits per heavy atom. The number of hydrogen-bond acceptors (Lipinski definition) is 4. The molecule has 0 bridgehead atoms. The van der Waals surface area contributed by atoms with Gasteiger partial charge in [-0.25, -0.2) is 8.42 Å². The van der Waals surface area contributed by atoms with E-state index in [1.54, 1.807) is 11.4 Å². The van der Waals surface area contributed by atoms with Gasteiger partial charge in [-0.2, -0.15) is 0 Å². The molecule has 0 unspecified atom stereocenters. The summed E-state index contributed by atoms with van der Waals surface area (Å²) in [6, 6.07) is 10.9. The summed E-state index contributed by atoms with van der Waals surface area (Å²) >= 11 is 1.38. The van der Waals surface area contributed by atoms with E-state index in [-0.39, 0.29) is 6.54 Å². The number of para-hydroxylation sites is 1. The summed E-state index contributed by atoms with van der Waals surface area (Å²) < 4.78 is 27.4. The van der Waals surface area contributed by atoms with E-state index in [0.29, 0.717) is 22.0 Å². The second kappa shape index (κ2) is 7.06.